The molecule has 0 spiro atoms. The van der Waals surface area contributed by atoms with Gasteiger partial charge in [-0.3, -0.25) is 4.99 Å². The van der Waals surface area contributed by atoms with Gasteiger partial charge in [-0.2, -0.15) is 0 Å². The van der Waals surface area contributed by atoms with Crippen molar-refractivity contribution in [3.63, 3.8) is 0 Å². The van der Waals surface area contributed by atoms with Crippen LogP contribution in [0.5, 0.6) is 5.88 Å². The molecule has 0 saturated heterocycles. The summed E-state index contributed by atoms with van der Waals surface area (Å²) in [5.74, 6) is -1.09. The van der Waals surface area contributed by atoms with Gasteiger partial charge in [-0.25, -0.2) is 14.2 Å². The number of halogens is 1. The van der Waals surface area contributed by atoms with E-state index in [4.69, 9.17) is 4.74 Å². The first-order valence-electron chi connectivity index (χ1n) is 10.6. The molecule has 0 unspecified atom stereocenters. The zero-order valence-corrected chi connectivity index (χ0v) is 18.5. The van der Waals surface area contributed by atoms with Crippen molar-refractivity contribution in [3.8, 4) is 22.7 Å². The first-order chi connectivity index (χ1) is 15.9. The van der Waals surface area contributed by atoms with Gasteiger partial charge in [0.2, 0.25) is 5.88 Å². The number of hydrogen-bond donors (Lipinski definition) is 1. The van der Waals surface area contributed by atoms with E-state index >= 15 is 0 Å². The molecule has 166 valence electrons. The van der Waals surface area contributed by atoms with Crippen LogP contribution in [0.1, 0.15) is 47.1 Å². The van der Waals surface area contributed by atoms with Crippen LogP contribution in [-0.2, 0) is 6.54 Å². The largest absolute Gasteiger partial charge is 0.481 e. The van der Waals surface area contributed by atoms with E-state index in [0.29, 0.717) is 12.1 Å². The number of carboxylic acids is 1. The van der Waals surface area contributed by atoms with Crippen LogP contribution >= 0.6 is 0 Å². The average Bonchev–Trinajstić information content (AvgIpc) is 3.39. The van der Waals surface area contributed by atoms with Crippen LogP contribution in [0.3, 0.4) is 0 Å². The summed E-state index contributed by atoms with van der Waals surface area (Å²) < 4.78 is 21.4. The normalized spacial score (nSPS) is 12.5. The minimum absolute atomic E-state index is 0.0849. The SMILES string of the molecule is COc1nc(C(=O)O)ccc1-c1c(C(C)C)n(-c2ccc(F)cc2)c2cc3c(cc12)CN=C3. The third-order valence-electron chi connectivity index (χ3n) is 5.93. The number of aromatic nitrogens is 2. The Bertz CT molecular complexity index is 1440. The summed E-state index contributed by atoms with van der Waals surface area (Å²) in [5.41, 5.74) is 6.49. The molecule has 2 aromatic carbocycles. The number of benzene rings is 2. The van der Waals surface area contributed by atoms with Crippen molar-refractivity contribution in [2.45, 2.75) is 26.3 Å². The molecule has 3 heterocycles. The molecule has 1 N–H and O–H groups in total. The van der Waals surface area contributed by atoms with Crippen LogP contribution in [0, 0.1) is 5.82 Å². The maximum Gasteiger partial charge on any atom is 0.354 e. The van der Waals surface area contributed by atoms with Crippen molar-refractivity contribution in [2.24, 2.45) is 4.99 Å². The lowest BCUT2D eigenvalue weighted by molar-refractivity contribution is 0.0689. The van der Waals surface area contributed by atoms with Gasteiger partial charge in [0.1, 0.15) is 5.82 Å². The number of carbonyl (C=O) groups is 1. The van der Waals surface area contributed by atoms with Crippen molar-refractivity contribution in [2.75, 3.05) is 7.11 Å². The fourth-order valence-electron chi connectivity index (χ4n) is 4.52. The third kappa shape index (κ3) is 3.36. The number of hydrogen-bond acceptors (Lipinski definition) is 4. The van der Waals surface area contributed by atoms with E-state index in [-0.39, 0.29) is 23.3 Å². The molecule has 33 heavy (non-hydrogen) atoms. The highest BCUT2D eigenvalue weighted by molar-refractivity contribution is 6.04. The van der Waals surface area contributed by atoms with Gasteiger partial charge in [-0.15, -0.1) is 0 Å². The van der Waals surface area contributed by atoms with Crippen molar-refractivity contribution in [3.05, 3.63) is 76.9 Å². The van der Waals surface area contributed by atoms with Gasteiger partial charge in [0.05, 0.1) is 19.2 Å². The molecule has 0 atom stereocenters. The smallest absolute Gasteiger partial charge is 0.354 e. The topological polar surface area (TPSA) is 76.7 Å². The summed E-state index contributed by atoms with van der Waals surface area (Å²) in [6.45, 7) is 4.80. The molecule has 6 nitrogen and oxygen atoms in total. The molecule has 0 aliphatic carbocycles. The lowest BCUT2D eigenvalue weighted by Gasteiger charge is -2.17. The highest BCUT2D eigenvalue weighted by atomic mass is 19.1. The van der Waals surface area contributed by atoms with Gasteiger partial charge in [0, 0.05) is 34.1 Å². The quantitative estimate of drug-likeness (QED) is 0.436. The molecule has 4 aromatic rings. The summed E-state index contributed by atoms with van der Waals surface area (Å²) in [5, 5.41) is 10.4. The molecule has 7 heteroatoms. The van der Waals surface area contributed by atoms with Crippen LogP contribution in [0.2, 0.25) is 0 Å². The molecule has 5 rings (SSSR count). The minimum Gasteiger partial charge on any atom is -0.481 e. The fourth-order valence-corrected chi connectivity index (χ4v) is 4.52. The van der Waals surface area contributed by atoms with Gasteiger partial charge in [0.25, 0.3) is 0 Å². The molecule has 0 saturated carbocycles. The van der Waals surface area contributed by atoms with E-state index in [1.807, 2.05) is 6.21 Å². The summed E-state index contributed by atoms with van der Waals surface area (Å²) in [7, 11) is 1.48. The number of fused-ring (bicyclic) bond motifs is 2. The lowest BCUT2D eigenvalue weighted by Crippen LogP contribution is -2.05. The first-order valence-corrected chi connectivity index (χ1v) is 10.6. The number of rotatable bonds is 5. The average molecular weight is 443 g/mol. The summed E-state index contributed by atoms with van der Waals surface area (Å²) in [6.07, 6.45) is 1.87. The van der Waals surface area contributed by atoms with Crippen molar-refractivity contribution < 1.29 is 19.0 Å². The minimum atomic E-state index is -1.12. The predicted molar refractivity (Wildman–Crippen MR) is 125 cm³/mol. The Labute approximate surface area is 190 Å². The lowest BCUT2D eigenvalue weighted by atomic mass is 9.95. The Kier molecular flexibility index (Phi) is 4.96. The maximum absolute atomic E-state index is 13.7. The number of pyridine rings is 1. The molecule has 0 fully saturated rings. The summed E-state index contributed by atoms with van der Waals surface area (Å²) in [6, 6.07) is 13.9. The van der Waals surface area contributed by atoms with Gasteiger partial charge < -0.3 is 14.4 Å². The van der Waals surface area contributed by atoms with Crippen LogP contribution < -0.4 is 4.74 Å². The highest BCUT2D eigenvalue weighted by Gasteiger charge is 2.26. The molecule has 1 aliphatic heterocycles. The summed E-state index contributed by atoms with van der Waals surface area (Å²) in [4.78, 5) is 20.1. The Hall–Kier alpha value is -4.00. The van der Waals surface area contributed by atoms with Crippen LogP contribution in [0.4, 0.5) is 4.39 Å². The van der Waals surface area contributed by atoms with Gasteiger partial charge in [0.15, 0.2) is 5.69 Å². The second-order valence-corrected chi connectivity index (χ2v) is 8.32. The van der Waals surface area contributed by atoms with E-state index in [2.05, 4.69) is 40.5 Å². The summed E-state index contributed by atoms with van der Waals surface area (Å²) >= 11 is 0. The third-order valence-corrected chi connectivity index (χ3v) is 5.93. The highest BCUT2D eigenvalue weighted by Crippen LogP contribution is 2.44. The fraction of sp³-hybridized carbons (Fsp3) is 0.192. The predicted octanol–water partition coefficient (Wildman–Crippen LogP) is 5.59. The zero-order chi connectivity index (χ0) is 23.3. The molecule has 0 radical (unpaired) electrons. The number of aromatic carboxylic acids is 1. The number of methoxy groups -OCH3 is 1. The first kappa shape index (κ1) is 20.9. The van der Waals surface area contributed by atoms with Crippen molar-refractivity contribution in [1.29, 1.82) is 0 Å². The van der Waals surface area contributed by atoms with E-state index in [1.165, 1.54) is 25.3 Å². The Morgan fingerprint density at radius 1 is 1.15 bits per heavy atom. The Balaban J connectivity index is 1.91. The number of nitrogens with zero attached hydrogens (tertiary/aromatic N) is 3. The van der Waals surface area contributed by atoms with E-state index < -0.39 is 5.97 Å². The van der Waals surface area contributed by atoms with Gasteiger partial charge >= 0.3 is 5.97 Å². The second-order valence-electron chi connectivity index (χ2n) is 8.32. The van der Waals surface area contributed by atoms with Crippen molar-refractivity contribution in [1.82, 2.24) is 9.55 Å². The molecule has 0 amide bonds. The maximum atomic E-state index is 13.7. The number of ether oxygens (including phenoxy) is 1. The number of aliphatic imine (C=N–C) groups is 1. The second kappa shape index (κ2) is 7.85. The van der Waals surface area contributed by atoms with Gasteiger partial charge in [-0.1, -0.05) is 13.8 Å². The molecule has 2 aromatic heterocycles. The van der Waals surface area contributed by atoms with E-state index in [1.54, 1.807) is 18.2 Å². The van der Waals surface area contributed by atoms with Crippen molar-refractivity contribution >= 4 is 23.1 Å². The Morgan fingerprint density at radius 3 is 2.58 bits per heavy atom. The van der Waals surface area contributed by atoms with Gasteiger partial charge in [-0.05, 0) is 65.6 Å². The van der Waals surface area contributed by atoms with Crippen LogP contribution in [0.25, 0.3) is 27.7 Å². The standard InChI is InChI=1S/C26H22FN3O3/c1-14(2)24-23(19-8-9-21(26(31)32)29-25(19)33-3)20-10-15-12-28-13-16(15)11-22(20)30(24)18-6-4-17(27)5-7-18/h4-11,13-14H,12H2,1-3H3,(H,31,32). The number of carboxylic acid groups (broad SMARTS) is 1. The molecule has 0 bridgehead atoms. The van der Waals surface area contributed by atoms with Crippen LogP contribution in [-0.4, -0.2) is 34.0 Å². The van der Waals surface area contributed by atoms with E-state index in [9.17, 15) is 14.3 Å². The monoisotopic (exact) mass is 443 g/mol. The molecule has 1 aliphatic rings. The molecular weight excluding hydrogens is 421 g/mol. The van der Waals surface area contributed by atoms with E-state index in [0.717, 1.165) is 39.0 Å². The molecular formula is C26H22FN3O3. The zero-order valence-electron chi connectivity index (χ0n) is 18.5. The van der Waals surface area contributed by atoms with Crippen LogP contribution in [0.15, 0.2) is 53.5 Å². The Morgan fingerprint density at radius 2 is 1.91 bits per heavy atom.